The van der Waals surface area contributed by atoms with Gasteiger partial charge in [-0.15, -0.1) is 11.3 Å². The molecule has 1 fully saturated rings. The molecule has 2 aromatic heterocycles. The fourth-order valence-corrected chi connectivity index (χ4v) is 4.36. The van der Waals surface area contributed by atoms with E-state index in [1.54, 1.807) is 11.2 Å². The number of thiophene rings is 1. The lowest BCUT2D eigenvalue weighted by atomic mass is 9.97. The second-order valence-electron chi connectivity index (χ2n) is 5.88. The smallest absolute Gasteiger partial charge is 0.138 e. The zero-order chi connectivity index (χ0) is 12.8. The number of anilines is 1. The van der Waals surface area contributed by atoms with E-state index >= 15 is 0 Å². The third-order valence-electron chi connectivity index (χ3n) is 4.44. The van der Waals surface area contributed by atoms with Gasteiger partial charge in [-0.25, -0.2) is 9.97 Å². The highest BCUT2D eigenvalue weighted by atomic mass is 32.1. The van der Waals surface area contributed by atoms with Crippen molar-refractivity contribution < 1.29 is 0 Å². The summed E-state index contributed by atoms with van der Waals surface area (Å²) in [5.74, 6) is 1.92. The van der Waals surface area contributed by atoms with E-state index in [9.17, 15) is 0 Å². The van der Waals surface area contributed by atoms with E-state index in [1.165, 1.54) is 54.3 Å². The molecule has 19 heavy (non-hydrogen) atoms. The molecule has 2 aromatic rings. The Labute approximate surface area is 117 Å². The van der Waals surface area contributed by atoms with Gasteiger partial charge in [0.15, 0.2) is 0 Å². The lowest BCUT2D eigenvalue weighted by molar-refractivity contribution is 0.689. The van der Waals surface area contributed by atoms with Crippen LogP contribution in [0.15, 0.2) is 6.33 Å². The summed E-state index contributed by atoms with van der Waals surface area (Å²) >= 11 is 1.87. The second kappa shape index (κ2) is 4.44. The largest absolute Gasteiger partial charge is 0.367 e. The molecule has 2 aliphatic rings. The topological polar surface area (TPSA) is 37.8 Å². The first kappa shape index (κ1) is 11.6. The molecule has 0 bridgehead atoms. The molecule has 0 aliphatic heterocycles. The molecule has 0 radical (unpaired) electrons. The monoisotopic (exact) mass is 273 g/mol. The summed E-state index contributed by atoms with van der Waals surface area (Å²) < 4.78 is 0. The Morgan fingerprint density at radius 2 is 2.11 bits per heavy atom. The van der Waals surface area contributed by atoms with E-state index in [4.69, 9.17) is 0 Å². The predicted octanol–water partition coefficient (Wildman–Crippen LogP) is 3.78. The molecule has 0 amide bonds. The van der Waals surface area contributed by atoms with Crippen LogP contribution in [-0.4, -0.2) is 16.0 Å². The van der Waals surface area contributed by atoms with Crippen LogP contribution in [0.1, 0.15) is 43.0 Å². The SMILES string of the molecule is C[C@@H](Nc1ncnc2sc3c(c12)CCCC3)C1CC1. The van der Waals surface area contributed by atoms with E-state index in [0.29, 0.717) is 6.04 Å². The third-order valence-corrected chi connectivity index (χ3v) is 5.64. The number of hydrogen-bond donors (Lipinski definition) is 1. The van der Waals surface area contributed by atoms with Gasteiger partial charge in [0.1, 0.15) is 17.0 Å². The number of hydrogen-bond acceptors (Lipinski definition) is 4. The van der Waals surface area contributed by atoms with Gasteiger partial charge in [0.25, 0.3) is 0 Å². The van der Waals surface area contributed by atoms with Crippen molar-refractivity contribution >= 4 is 27.4 Å². The average molecular weight is 273 g/mol. The van der Waals surface area contributed by atoms with Gasteiger partial charge in [0, 0.05) is 10.9 Å². The Hall–Kier alpha value is -1.16. The summed E-state index contributed by atoms with van der Waals surface area (Å²) in [5.41, 5.74) is 1.53. The number of aromatic nitrogens is 2. The normalized spacial score (nSPS) is 20.3. The van der Waals surface area contributed by atoms with Gasteiger partial charge in [-0.3, -0.25) is 0 Å². The van der Waals surface area contributed by atoms with Crippen molar-refractivity contribution in [3.05, 3.63) is 16.8 Å². The molecule has 100 valence electrons. The zero-order valence-electron chi connectivity index (χ0n) is 11.3. The third kappa shape index (κ3) is 2.02. The molecule has 1 atom stereocenters. The van der Waals surface area contributed by atoms with Gasteiger partial charge < -0.3 is 5.32 Å². The molecule has 0 unspecified atom stereocenters. The fourth-order valence-electron chi connectivity index (χ4n) is 3.13. The van der Waals surface area contributed by atoms with Crippen molar-refractivity contribution in [2.24, 2.45) is 5.92 Å². The van der Waals surface area contributed by atoms with Gasteiger partial charge >= 0.3 is 0 Å². The minimum atomic E-state index is 0.539. The Balaban J connectivity index is 1.78. The molecular weight excluding hydrogens is 254 g/mol. The van der Waals surface area contributed by atoms with Crippen LogP contribution < -0.4 is 5.32 Å². The van der Waals surface area contributed by atoms with Crippen LogP contribution in [0.4, 0.5) is 5.82 Å². The summed E-state index contributed by atoms with van der Waals surface area (Å²) in [6, 6.07) is 0.539. The van der Waals surface area contributed by atoms with Crippen molar-refractivity contribution in [2.45, 2.75) is 51.5 Å². The Morgan fingerprint density at radius 3 is 2.95 bits per heavy atom. The van der Waals surface area contributed by atoms with Crippen molar-refractivity contribution in [3.8, 4) is 0 Å². The summed E-state index contributed by atoms with van der Waals surface area (Å²) in [6.45, 7) is 2.28. The Bertz CT molecular complexity index is 615. The lowest BCUT2D eigenvalue weighted by Gasteiger charge is -2.16. The Morgan fingerprint density at radius 1 is 1.26 bits per heavy atom. The van der Waals surface area contributed by atoms with Gasteiger partial charge in [0.05, 0.1) is 5.39 Å². The minimum Gasteiger partial charge on any atom is -0.367 e. The molecule has 2 heterocycles. The lowest BCUT2D eigenvalue weighted by Crippen LogP contribution is -2.18. The van der Waals surface area contributed by atoms with Crippen LogP contribution in [-0.2, 0) is 12.8 Å². The predicted molar refractivity (Wildman–Crippen MR) is 79.9 cm³/mol. The minimum absolute atomic E-state index is 0.539. The molecule has 1 saturated carbocycles. The maximum atomic E-state index is 4.52. The number of fused-ring (bicyclic) bond motifs is 3. The van der Waals surface area contributed by atoms with E-state index in [1.807, 2.05) is 11.3 Å². The maximum Gasteiger partial charge on any atom is 0.138 e. The highest BCUT2D eigenvalue weighted by Crippen LogP contribution is 2.39. The van der Waals surface area contributed by atoms with Gasteiger partial charge in [-0.05, 0) is 56.9 Å². The molecule has 0 saturated heterocycles. The van der Waals surface area contributed by atoms with Gasteiger partial charge in [-0.1, -0.05) is 0 Å². The first-order valence-electron chi connectivity index (χ1n) is 7.34. The van der Waals surface area contributed by atoms with Crippen LogP contribution in [0.3, 0.4) is 0 Å². The second-order valence-corrected chi connectivity index (χ2v) is 6.97. The number of nitrogens with one attached hydrogen (secondary N) is 1. The van der Waals surface area contributed by atoms with E-state index < -0.39 is 0 Å². The standard InChI is InChI=1S/C15H19N3S/c1-9(10-6-7-10)18-14-13-11-4-2-3-5-12(11)19-15(13)17-8-16-14/h8-10H,2-7H2,1H3,(H,16,17,18)/t9-/m1/s1. The summed E-state index contributed by atoms with van der Waals surface area (Å²) in [5, 5.41) is 4.95. The fraction of sp³-hybridized carbons (Fsp3) is 0.600. The van der Waals surface area contributed by atoms with E-state index in [-0.39, 0.29) is 0 Å². The molecule has 4 rings (SSSR count). The molecule has 0 spiro atoms. The van der Waals surface area contributed by atoms with Crippen LogP contribution in [0.5, 0.6) is 0 Å². The van der Waals surface area contributed by atoms with Crippen LogP contribution in [0.2, 0.25) is 0 Å². The van der Waals surface area contributed by atoms with Gasteiger partial charge in [0.2, 0.25) is 0 Å². The molecule has 2 aliphatic carbocycles. The molecule has 4 heteroatoms. The number of aryl methyl sites for hydroxylation is 2. The first-order valence-corrected chi connectivity index (χ1v) is 8.16. The van der Waals surface area contributed by atoms with Crippen LogP contribution in [0.25, 0.3) is 10.2 Å². The zero-order valence-corrected chi connectivity index (χ0v) is 12.1. The quantitative estimate of drug-likeness (QED) is 0.924. The summed E-state index contributed by atoms with van der Waals surface area (Å²) in [6.07, 6.45) is 9.52. The number of rotatable bonds is 3. The van der Waals surface area contributed by atoms with Crippen molar-refractivity contribution in [1.82, 2.24) is 9.97 Å². The van der Waals surface area contributed by atoms with Crippen LogP contribution in [0, 0.1) is 5.92 Å². The van der Waals surface area contributed by atoms with Crippen LogP contribution >= 0.6 is 11.3 Å². The highest BCUT2D eigenvalue weighted by Gasteiger charge is 2.29. The van der Waals surface area contributed by atoms with Gasteiger partial charge in [-0.2, -0.15) is 0 Å². The van der Waals surface area contributed by atoms with Crippen molar-refractivity contribution in [3.63, 3.8) is 0 Å². The molecule has 0 aromatic carbocycles. The summed E-state index contributed by atoms with van der Waals surface area (Å²) in [4.78, 5) is 11.7. The average Bonchev–Trinajstić information content (AvgIpc) is 3.19. The highest BCUT2D eigenvalue weighted by molar-refractivity contribution is 7.19. The molecule has 3 nitrogen and oxygen atoms in total. The van der Waals surface area contributed by atoms with Crippen molar-refractivity contribution in [1.29, 1.82) is 0 Å². The molecule has 1 N–H and O–H groups in total. The summed E-state index contributed by atoms with van der Waals surface area (Å²) in [7, 11) is 0. The first-order chi connectivity index (χ1) is 9.33. The maximum absolute atomic E-state index is 4.52. The van der Waals surface area contributed by atoms with E-state index in [2.05, 4.69) is 22.2 Å². The van der Waals surface area contributed by atoms with E-state index in [0.717, 1.165) is 11.7 Å². The van der Waals surface area contributed by atoms with Crippen molar-refractivity contribution in [2.75, 3.05) is 5.32 Å². The molecular formula is C15H19N3S. The Kier molecular flexibility index (Phi) is 2.72. The number of nitrogens with zero attached hydrogens (tertiary/aromatic N) is 2.